The molecule has 21 heavy (non-hydrogen) atoms. The van der Waals surface area contributed by atoms with Gasteiger partial charge in [0.1, 0.15) is 5.82 Å². The molecule has 1 N–H and O–H groups in total. The number of nitrogens with zero attached hydrogens (tertiary/aromatic N) is 1. The lowest BCUT2D eigenvalue weighted by Gasteiger charge is -2.20. The fourth-order valence-electron chi connectivity index (χ4n) is 2.37. The third kappa shape index (κ3) is 4.02. The molecule has 2 rings (SSSR count). The lowest BCUT2D eigenvalue weighted by atomic mass is 9.99. The fraction of sp³-hybridized carbons (Fsp3) is 0.353. The van der Waals surface area contributed by atoms with Gasteiger partial charge in [-0.1, -0.05) is 36.7 Å². The van der Waals surface area contributed by atoms with Gasteiger partial charge in [-0.05, 0) is 49.6 Å². The number of pyridine rings is 1. The van der Waals surface area contributed by atoms with Gasteiger partial charge in [0.25, 0.3) is 0 Å². The van der Waals surface area contributed by atoms with E-state index in [4.69, 9.17) is 11.6 Å². The van der Waals surface area contributed by atoms with Crippen molar-refractivity contribution in [1.29, 1.82) is 0 Å². The van der Waals surface area contributed by atoms with Gasteiger partial charge in [-0.2, -0.15) is 0 Å². The van der Waals surface area contributed by atoms with Crippen molar-refractivity contribution < 1.29 is 4.39 Å². The lowest BCUT2D eigenvalue weighted by molar-refractivity contribution is 0.513. The lowest BCUT2D eigenvalue weighted by Crippen LogP contribution is -2.26. The van der Waals surface area contributed by atoms with Crippen molar-refractivity contribution in [3.05, 3.63) is 64.2 Å². The molecule has 1 unspecified atom stereocenters. The maximum atomic E-state index is 13.6. The van der Waals surface area contributed by atoms with Gasteiger partial charge in [0.05, 0.1) is 16.8 Å². The zero-order chi connectivity index (χ0) is 15.2. The van der Waals surface area contributed by atoms with E-state index >= 15 is 0 Å². The SMILES string of the molecule is CCCNC(Cc1cccc(F)c1Cl)c1ncccc1C. The van der Waals surface area contributed by atoms with Gasteiger partial charge >= 0.3 is 0 Å². The molecule has 0 saturated heterocycles. The molecule has 0 bridgehead atoms. The van der Waals surface area contributed by atoms with Crippen LogP contribution in [0.25, 0.3) is 0 Å². The van der Waals surface area contributed by atoms with E-state index in [1.54, 1.807) is 12.3 Å². The maximum Gasteiger partial charge on any atom is 0.142 e. The number of aromatic nitrogens is 1. The highest BCUT2D eigenvalue weighted by molar-refractivity contribution is 6.31. The number of nitrogens with one attached hydrogen (secondary N) is 1. The fourth-order valence-corrected chi connectivity index (χ4v) is 2.58. The molecule has 0 fully saturated rings. The Bertz CT molecular complexity index is 601. The maximum absolute atomic E-state index is 13.6. The predicted octanol–water partition coefficient (Wildman–Crippen LogP) is 4.47. The first-order valence-electron chi connectivity index (χ1n) is 7.21. The van der Waals surface area contributed by atoms with Crippen molar-refractivity contribution in [1.82, 2.24) is 10.3 Å². The summed E-state index contributed by atoms with van der Waals surface area (Å²) in [5.74, 6) is -0.374. The van der Waals surface area contributed by atoms with Crippen LogP contribution in [0.4, 0.5) is 4.39 Å². The molecular weight excluding hydrogens is 287 g/mol. The average Bonchev–Trinajstić information content (AvgIpc) is 2.48. The third-order valence-electron chi connectivity index (χ3n) is 3.48. The van der Waals surface area contributed by atoms with E-state index in [2.05, 4.69) is 17.2 Å². The van der Waals surface area contributed by atoms with E-state index < -0.39 is 0 Å². The van der Waals surface area contributed by atoms with Gasteiger partial charge in [-0.3, -0.25) is 4.98 Å². The van der Waals surface area contributed by atoms with Crippen LogP contribution in [-0.2, 0) is 6.42 Å². The van der Waals surface area contributed by atoms with Crippen molar-refractivity contribution >= 4 is 11.6 Å². The van der Waals surface area contributed by atoms with Crippen LogP contribution in [0.1, 0.15) is 36.2 Å². The smallest absolute Gasteiger partial charge is 0.142 e. The number of aryl methyl sites for hydroxylation is 1. The first-order valence-corrected chi connectivity index (χ1v) is 7.59. The molecule has 1 heterocycles. The zero-order valence-corrected chi connectivity index (χ0v) is 13.1. The molecule has 0 radical (unpaired) electrons. The van der Waals surface area contributed by atoms with Crippen LogP contribution in [0.3, 0.4) is 0 Å². The second-order valence-electron chi connectivity index (χ2n) is 5.13. The van der Waals surface area contributed by atoms with Crippen molar-refractivity contribution in [2.75, 3.05) is 6.54 Å². The molecule has 0 aliphatic heterocycles. The van der Waals surface area contributed by atoms with E-state index in [1.807, 2.05) is 25.1 Å². The van der Waals surface area contributed by atoms with Crippen LogP contribution >= 0.6 is 11.6 Å². The van der Waals surface area contributed by atoms with E-state index in [0.29, 0.717) is 6.42 Å². The highest BCUT2D eigenvalue weighted by atomic mass is 35.5. The van der Waals surface area contributed by atoms with Crippen LogP contribution in [0, 0.1) is 12.7 Å². The van der Waals surface area contributed by atoms with Crippen LogP contribution < -0.4 is 5.32 Å². The molecule has 2 nitrogen and oxygen atoms in total. The number of rotatable bonds is 6. The Morgan fingerprint density at radius 3 is 2.81 bits per heavy atom. The van der Waals surface area contributed by atoms with Gasteiger partial charge in [0.2, 0.25) is 0 Å². The molecule has 0 amide bonds. The van der Waals surface area contributed by atoms with Gasteiger partial charge < -0.3 is 5.32 Å². The standard InChI is InChI=1S/C17H20ClFN2/c1-3-9-20-15(17-12(2)6-5-10-21-17)11-13-7-4-8-14(19)16(13)18/h4-8,10,15,20H,3,9,11H2,1-2H3. The molecule has 0 aliphatic rings. The van der Waals surface area contributed by atoms with Crippen molar-refractivity contribution in [3.63, 3.8) is 0 Å². The Hall–Kier alpha value is -1.45. The minimum Gasteiger partial charge on any atom is -0.308 e. The summed E-state index contributed by atoms with van der Waals surface area (Å²) in [7, 11) is 0. The quantitative estimate of drug-likeness (QED) is 0.852. The molecule has 1 aromatic heterocycles. The molecule has 112 valence electrons. The topological polar surface area (TPSA) is 24.9 Å². The van der Waals surface area contributed by atoms with Gasteiger partial charge in [-0.25, -0.2) is 4.39 Å². The third-order valence-corrected chi connectivity index (χ3v) is 3.90. The second-order valence-corrected chi connectivity index (χ2v) is 5.51. The summed E-state index contributed by atoms with van der Waals surface area (Å²) in [4.78, 5) is 4.48. The van der Waals surface area contributed by atoms with E-state index in [1.165, 1.54) is 6.07 Å². The van der Waals surface area contributed by atoms with Gasteiger partial charge in [0.15, 0.2) is 0 Å². The highest BCUT2D eigenvalue weighted by Gasteiger charge is 2.17. The largest absolute Gasteiger partial charge is 0.308 e. The Kier molecular flexibility index (Phi) is 5.71. The molecule has 2 aromatic rings. The first-order chi connectivity index (χ1) is 10.1. The van der Waals surface area contributed by atoms with E-state index in [0.717, 1.165) is 29.8 Å². The van der Waals surface area contributed by atoms with Crippen LogP contribution in [0.2, 0.25) is 5.02 Å². The van der Waals surface area contributed by atoms with E-state index in [9.17, 15) is 4.39 Å². The normalized spacial score (nSPS) is 12.4. The summed E-state index contributed by atoms with van der Waals surface area (Å²) in [6.07, 6.45) is 3.43. The van der Waals surface area contributed by atoms with Crippen LogP contribution in [-0.4, -0.2) is 11.5 Å². The van der Waals surface area contributed by atoms with Crippen LogP contribution in [0.15, 0.2) is 36.5 Å². The number of hydrogen-bond acceptors (Lipinski definition) is 2. The minimum atomic E-state index is -0.374. The van der Waals surface area contributed by atoms with Crippen molar-refractivity contribution in [2.45, 2.75) is 32.7 Å². The molecule has 0 saturated carbocycles. The Balaban J connectivity index is 2.28. The summed E-state index contributed by atoms with van der Waals surface area (Å²) in [6.45, 7) is 5.04. The number of hydrogen-bond donors (Lipinski definition) is 1. The summed E-state index contributed by atoms with van der Waals surface area (Å²) >= 11 is 6.08. The monoisotopic (exact) mass is 306 g/mol. The van der Waals surface area contributed by atoms with E-state index in [-0.39, 0.29) is 16.9 Å². The second kappa shape index (κ2) is 7.53. The minimum absolute atomic E-state index is 0.0328. The predicted molar refractivity (Wildman–Crippen MR) is 85.1 cm³/mol. The number of benzene rings is 1. The van der Waals surface area contributed by atoms with Gasteiger partial charge in [0, 0.05) is 6.20 Å². The average molecular weight is 307 g/mol. The molecule has 0 spiro atoms. The molecule has 1 atom stereocenters. The first kappa shape index (κ1) is 15.9. The molecular formula is C17H20ClFN2. The summed E-state index contributed by atoms with van der Waals surface area (Å²) in [6, 6.07) is 8.93. The highest BCUT2D eigenvalue weighted by Crippen LogP contribution is 2.26. The molecule has 0 aliphatic carbocycles. The molecule has 4 heteroatoms. The Morgan fingerprint density at radius 2 is 2.10 bits per heavy atom. The number of halogens is 2. The van der Waals surface area contributed by atoms with Crippen molar-refractivity contribution in [3.8, 4) is 0 Å². The summed E-state index contributed by atoms with van der Waals surface area (Å²) < 4.78 is 13.6. The Labute approximate surface area is 130 Å². The molecule has 1 aromatic carbocycles. The van der Waals surface area contributed by atoms with Crippen LogP contribution in [0.5, 0.6) is 0 Å². The summed E-state index contributed by atoms with van der Waals surface area (Å²) in [5, 5.41) is 3.68. The summed E-state index contributed by atoms with van der Waals surface area (Å²) in [5.41, 5.74) is 2.92. The van der Waals surface area contributed by atoms with Gasteiger partial charge in [-0.15, -0.1) is 0 Å². The zero-order valence-electron chi connectivity index (χ0n) is 12.4. The van der Waals surface area contributed by atoms with Crippen molar-refractivity contribution in [2.24, 2.45) is 0 Å². The Morgan fingerprint density at radius 1 is 1.29 bits per heavy atom.